The molecule has 0 fully saturated rings. The molecule has 0 aliphatic heterocycles. The number of halogens is 2. The summed E-state index contributed by atoms with van der Waals surface area (Å²) >= 11 is 0. The molecular weight excluding hydrogens is 739 g/mol. The minimum atomic E-state index is -3.71. The number of hydrogen-bond donors (Lipinski definition) is 2. The van der Waals surface area contributed by atoms with Crippen molar-refractivity contribution < 1.29 is 54.8 Å². The standard InChI is InChI=1S/C16H25NO6S.C11H15ClO4S.C5H11NO2.ClH/c1-5-22-15(18)6-7-17-24(19,20)16-12(2)10-14(11-13(16)3)23-9-8-21-4;1-8-6-10(16-5-4-15-3)7-9(2)11(8)17(12,13)14;1-2-8-5(7)3-4-6;/h10-11,17H,5-9H2,1-4H3;6-7H,4-5H2,1-3H3;2-4,6H2,1H3;1H. The number of rotatable bonds is 18. The molecule has 0 heterocycles. The van der Waals surface area contributed by atoms with Gasteiger partial charge < -0.3 is 34.2 Å². The molecule has 2 aromatic carbocycles. The highest BCUT2D eigenvalue weighted by atomic mass is 35.7. The maximum atomic E-state index is 12.5. The molecule has 0 radical (unpaired) electrons. The normalized spacial score (nSPS) is 10.8. The average molecular weight is 792 g/mol. The summed E-state index contributed by atoms with van der Waals surface area (Å²) in [6.07, 6.45) is 0.317. The molecule has 0 spiro atoms. The predicted molar refractivity (Wildman–Crippen MR) is 194 cm³/mol. The van der Waals surface area contributed by atoms with E-state index in [0.29, 0.717) is 79.8 Å². The Bertz CT molecular complexity index is 1490. The van der Waals surface area contributed by atoms with Gasteiger partial charge in [0.2, 0.25) is 10.0 Å². The SMILES string of the molecule is CCOC(=O)CCN.CCOC(=O)CCNS(=O)(=O)c1c(C)cc(OCCOC)cc1C.COCCOc1cc(C)c(S(=O)(=O)Cl)c(C)c1.Cl. The molecule has 0 aliphatic carbocycles. The van der Waals surface area contributed by atoms with Gasteiger partial charge >= 0.3 is 11.9 Å². The maximum Gasteiger partial charge on any atom is 0.307 e. The minimum absolute atomic E-state index is 0. The summed E-state index contributed by atoms with van der Waals surface area (Å²) in [6.45, 7) is 13.1. The largest absolute Gasteiger partial charge is 0.491 e. The second-order valence-corrected chi connectivity index (χ2v) is 14.4. The highest BCUT2D eigenvalue weighted by Crippen LogP contribution is 2.28. The fourth-order valence-electron chi connectivity index (χ4n) is 4.23. The minimum Gasteiger partial charge on any atom is -0.491 e. The molecule has 0 bridgehead atoms. The molecule has 2 rings (SSSR count). The van der Waals surface area contributed by atoms with Crippen LogP contribution in [-0.4, -0.2) is 95.7 Å². The van der Waals surface area contributed by atoms with Crippen molar-refractivity contribution in [3.05, 3.63) is 46.5 Å². The van der Waals surface area contributed by atoms with E-state index in [-0.39, 0.29) is 47.7 Å². The van der Waals surface area contributed by atoms with Crippen LogP contribution in [0.5, 0.6) is 11.5 Å². The summed E-state index contributed by atoms with van der Waals surface area (Å²) < 4.78 is 80.1. The first-order chi connectivity index (χ1) is 23.0. The summed E-state index contributed by atoms with van der Waals surface area (Å²) in [7, 11) is 1.10. The van der Waals surface area contributed by atoms with Gasteiger partial charge in [0, 0.05) is 38.0 Å². The molecular formula is C32H52Cl2N2O12S2. The molecule has 0 saturated carbocycles. The quantitative estimate of drug-likeness (QED) is 0.124. The smallest absolute Gasteiger partial charge is 0.307 e. The van der Waals surface area contributed by atoms with Gasteiger partial charge in [-0.2, -0.15) is 0 Å². The molecule has 50 heavy (non-hydrogen) atoms. The summed E-state index contributed by atoms with van der Waals surface area (Å²) in [4.78, 5) is 22.0. The Morgan fingerprint density at radius 2 is 1.08 bits per heavy atom. The van der Waals surface area contributed by atoms with Crippen LogP contribution < -0.4 is 19.9 Å². The zero-order chi connectivity index (χ0) is 37.6. The zero-order valence-corrected chi connectivity index (χ0v) is 33.2. The first kappa shape index (κ1) is 49.4. The molecule has 2 aromatic rings. The van der Waals surface area contributed by atoms with Gasteiger partial charge in [-0.25, -0.2) is 21.6 Å². The fourth-order valence-corrected chi connectivity index (χ4v) is 7.32. The Morgan fingerprint density at radius 3 is 1.42 bits per heavy atom. The molecule has 0 saturated heterocycles. The van der Waals surface area contributed by atoms with Crippen LogP contribution in [0.4, 0.5) is 0 Å². The van der Waals surface area contributed by atoms with Gasteiger partial charge in [0.15, 0.2) is 0 Å². The van der Waals surface area contributed by atoms with Crippen LogP contribution in [0.2, 0.25) is 0 Å². The molecule has 14 nitrogen and oxygen atoms in total. The first-order valence-corrected chi connectivity index (χ1v) is 19.2. The van der Waals surface area contributed by atoms with Crippen molar-refractivity contribution in [1.82, 2.24) is 4.72 Å². The third kappa shape index (κ3) is 19.6. The number of ether oxygens (including phenoxy) is 6. The highest BCUT2D eigenvalue weighted by molar-refractivity contribution is 8.13. The lowest BCUT2D eigenvalue weighted by Crippen LogP contribution is -2.28. The topological polar surface area (TPSA) is 196 Å². The van der Waals surface area contributed by atoms with Crippen LogP contribution in [-0.2, 0) is 47.6 Å². The summed E-state index contributed by atoms with van der Waals surface area (Å²) in [5, 5.41) is 0. The fraction of sp³-hybridized carbons (Fsp3) is 0.562. The Morgan fingerprint density at radius 1 is 0.700 bits per heavy atom. The van der Waals surface area contributed by atoms with Gasteiger partial charge in [-0.05, 0) is 88.1 Å². The summed E-state index contributed by atoms with van der Waals surface area (Å²) in [5.74, 6) is 0.555. The van der Waals surface area contributed by atoms with Gasteiger partial charge in [0.05, 0.1) is 49.1 Å². The lowest BCUT2D eigenvalue weighted by molar-refractivity contribution is -0.143. The van der Waals surface area contributed by atoms with Crippen molar-refractivity contribution in [2.75, 3.05) is 67.0 Å². The van der Waals surface area contributed by atoms with E-state index in [1.807, 2.05) is 0 Å². The third-order valence-electron chi connectivity index (χ3n) is 6.07. The number of methoxy groups -OCH3 is 2. The van der Waals surface area contributed by atoms with Crippen molar-refractivity contribution in [3.8, 4) is 11.5 Å². The number of hydrogen-bond acceptors (Lipinski definition) is 13. The van der Waals surface area contributed by atoms with Crippen molar-refractivity contribution in [1.29, 1.82) is 0 Å². The van der Waals surface area contributed by atoms with Crippen LogP contribution in [0, 0.1) is 27.7 Å². The molecule has 288 valence electrons. The Hall–Kier alpha value is -2.70. The molecule has 0 aliphatic rings. The van der Waals surface area contributed by atoms with Gasteiger partial charge in [0.1, 0.15) is 24.7 Å². The molecule has 0 amide bonds. The van der Waals surface area contributed by atoms with Crippen molar-refractivity contribution in [2.45, 2.75) is 64.2 Å². The molecule has 18 heteroatoms. The van der Waals surface area contributed by atoms with Crippen LogP contribution in [0.1, 0.15) is 48.9 Å². The monoisotopic (exact) mass is 790 g/mol. The van der Waals surface area contributed by atoms with Gasteiger partial charge in [0.25, 0.3) is 9.05 Å². The predicted octanol–water partition coefficient (Wildman–Crippen LogP) is 4.14. The lowest BCUT2D eigenvalue weighted by Gasteiger charge is -2.14. The van der Waals surface area contributed by atoms with E-state index in [2.05, 4.69) is 9.46 Å². The van der Waals surface area contributed by atoms with Crippen LogP contribution in [0.15, 0.2) is 34.1 Å². The van der Waals surface area contributed by atoms with E-state index >= 15 is 0 Å². The Labute approximate surface area is 307 Å². The second-order valence-electron chi connectivity index (χ2n) is 10.2. The van der Waals surface area contributed by atoms with Crippen LogP contribution >= 0.6 is 23.1 Å². The van der Waals surface area contributed by atoms with E-state index in [0.717, 1.165) is 0 Å². The number of carbonyl (C=O) groups is 2. The average Bonchev–Trinajstić information content (AvgIpc) is 2.97. The zero-order valence-electron chi connectivity index (χ0n) is 30.0. The molecule has 0 unspecified atom stereocenters. The second kappa shape index (κ2) is 26.1. The van der Waals surface area contributed by atoms with Crippen LogP contribution in [0.3, 0.4) is 0 Å². The summed E-state index contributed by atoms with van der Waals surface area (Å²) in [5.41, 5.74) is 7.36. The van der Waals surface area contributed by atoms with E-state index in [1.54, 1.807) is 80.0 Å². The number of sulfonamides is 1. The van der Waals surface area contributed by atoms with Gasteiger partial charge in [-0.1, -0.05) is 0 Å². The Kier molecular flexibility index (Phi) is 25.8. The van der Waals surface area contributed by atoms with Crippen molar-refractivity contribution in [2.24, 2.45) is 5.73 Å². The van der Waals surface area contributed by atoms with E-state index in [4.69, 9.17) is 40.1 Å². The van der Waals surface area contributed by atoms with E-state index in [1.165, 1.54) is 0 Å². The number of nitrogens with two attached hydrogens (primary N) is 1. The molecule has 3 N–H and O–H groups in total. The molecule has 0 atom stereocenters. The highest BCUT2D eigenvalue weighted by Gasteiger charge is 2.21. The van der Waals surface area contributed by atoms with Gasteiger partial charge in [-0.15, -0.1) is 12.4 Å². The first-order valence-electron chi connectivity index (χ1n) is 15.4. The lowest BCUT2D eigenvalue weighted by atomic mass is 10.1. The summed E-state index contributed by atoms with van der Waals surface area (Å²) in [6, 6.07) is 6.64. The van der Waals surface area contributed by atoms with E-state index in [9.17, 15) is 26.4 Å². The van der Waals surface area contributed by atoms with Gasteiger partial charge in [-0.3, -0.25) is 9.59 Å². The third-order valence-corrected chi connectivity index (χ3v) is 9.43. The number of nitrogens with one attached hydrogen (secondary N) is 1. The van der Waals surface area contributed by atoms with E-state index < -0.39 is 25.0 Å². The number of carbonyl (C=O) groups excluding carboxylic acids is 2. The number of aryl methyl sites for hydroxylation is 4. The van der Waals surface area contributed by atoms with Crippen molar-refractivity contribution >= 4 is 54.1 Å². The number of esters is 2. The Balaban J connectivity index is 0. The van der Waals surface area contributed by atoms with Crippen LogP contribution in [0.25, 0.3) is 0 Å². The van der Waals surface area contributed by atoms with Crippen molar-refractivity contribution in [3.63, 3.8) is 0 Å². The number of benzene rings is 2. The molecule has 0 aromatic heterocycles. The maximum absolute atomic E-state index is 12.5.